The molecule has 0 unspecified atom stereocenters. The summed E-state index contributed by atoms with van der Waals surface area (Å²) >= 11 is 0. The molecule has 2 aromatic carbocycles. The summed E-state index contributed by atoms with van der Waals surface area (Å²) in [6.07, 6.45) is 4.87. The minimum atomic E-state index is 0.00771. The number of rotatable bonds is 4. The van der Waals surface area contributed by atoms with Crippen LogP contribution in [-0.4, -0.2) is 14.8 Å². The van der Waals surface area contributed by atoms with Crippen molar-refractivity contribution < 1.29 is 0 Å². The lowest BCUT2D eigenvalue weighted by Crippen LogP contribution is -2.21. The Morgan fingerprint density at radius 1 is 0.893 bits per heavy atom. The highest BCUT2D eigenvalue weighted by Crippen LogP contribution is 2.33. The Kier molecular flexibility index (Phi) is 4.49. The van der Waals surface area contributed by atoms with Gasteiger partial charge >= 0.3 is 0 Å². The SMILES string of the molecule is CC(C)(C)c1ccc2cnn(CCC(C)(C)c3cccc4cccnc34)c2c1. The van der Waals surface area contributed by atoms with E-state index in [1.165, 1.54) is 27.4 Å². The van der Waals surface area contributed by atoms with Crippen molar-refractivity contribution >= 4 is 21.8 Å². The Hall–Kier alpha value is -2.68. The lowest BCUT2D eigenvalue weighted by Gasteiger charge is -2.26. The minimum absolute atomic E-state index is 0.00771. The summed E-state index contributed by atoms with van der Waals surface area (Å²) in [4.78, 5) is 4.66. The summed E-state index contributed by atoms with van der Waals surface area (Å²) < 4.78 is 2.16. The second-order valence-electron chi connectivity index (χ2n) is 9.41. The summed E-state index contributed by atoms with van der Waals surface area (Å²) in [7, 11) is 0. The van der Waals surface area contributed by atoms with E-state index < -0.39 is 0 Å². The van der Waals surface area contributed by atoms with Gasteiger partial charge in [-0.2, -0.15) is 5.10 Å². The fourth-order valence-electron chi connectivity index (χ4n) is 3.89. The first-order chi connectivity index (χ1) is 13.3. The Labute approximate surface area is 167 Å². The van der Waals surface area contributed by atoms with Crippen LogP contribution in [-0.2, 0) is 17.4 Å². The molecule has 2 aromatic heterocycles. The zero-order chi connectivity index (χ0) is 19.9. The standard InChI is InChI=1S/C25H29N3/c1-24(2,3)20-12-11-19-17-27-28(22(19)16-20)15-13-25(4,5)21-10-6-8-18-9-7-14-26-23(18)21/h6-12,14,16-17H,13,15H2,1-5H3. The van der Waals surface area contributed by atoms with Gasteiger partial charge < -0.3 is 0 Å². The van der Waals surface area contributed by atoms with E-state index in [0.717, 1.165) is 18.5 Å². The number of nitrogens with zero attached hydrogens (tertiary/aromatic N) is 3. The van der Waals surface area contributed by atoms with Gasteiger partial charge in [-0.25, -0.2) is 0 Å². The Bertz CT molecular complexity index is 1120. The average Bonchev–Trinajstić information content (AvgIpc) is 3.07. The summed E-state index contributed by atoms with van der Waals surface area (Å²) in [6, 6.07) is 17.3. The largest absolute Gasteiger partial charge is 0.265 e. The summed E-state index contributed by atoms with van der Waals surface area (Å²) in [5.74, 6) is 0. The van der Waals surface area contributed by atoms with Crippen molar-refractivity contribution in [3.63, 3.8) is 0 Å². The van der Waals surface area contributed by atoms with Gasteiger partial charge in [0.05, 0.1) is 17.2 Å². The molecular formula is C25H29N3. The molecule has 0 bridgehead atoms. The van der Waals surface area contributed by atoms with Crippen LogP contribution in [0.4, 0.5) is 0 Å². The summed E-state index contributed by atoms with van der Waals surface area (Å²) in [5.41, 5.74) is 5.12. The van der Waals surface area contributed by atoms with Crippen molar-refractivity contribution in [1.82, 2.24) is 14.8 Å². The van der Waals surface area contributed by atoms with Gasteiger partial charge in [-0.1, -0.05) is 71.0 Å². The predicted molar refractivity (Wildman–Crippen MR) is 118 cm³/mol. The number of aryl methyl sites for hydroxylation is 1. The van der Waals surface area contributed by atoms with Crippen LogP contribution in [0.2, 0.25) is 0 Å². The van der Waals surface area contributed by atoms with Crippen LogP contribution in [0.5, 0.6) is 0 Å². The van der Waals surface area contributed by atoms with Crippen LogP contribution in [0.25, 0.3) is 21.8 Å². The van der Waals surface area contributed by atoms with Gasteiger partial charge in [0.1, 0.15) is 0 Å². The number of fused-ring (bicyclic) bond motifs is 2. The maximum absolute atomic E-state index is 4.68. The minimum Gasteiger partial charge on any atom is -0.265 e. The van der Waals surface area contributed by atoms with Crippen molar-refractivity contribution in [2.24, 2.45) is 0 Å². The van der Waals surface area contributed by atoms with Crippen molar-refractivity contribution in [2.45, 2.75) is 58.4 Å². The van der Waals surface area contributed by atoms with Crippen molar-refractivity contribution in [3.8, 4) is 0 Å². The number of hydrogen-bond acceptors (Lipinski definition) is 2. The molecule has 3 nitrogen and oxygen atoms in total. The maximum Gasteiger partial charge on any atom is 0.0739 e. The molecule has 4 aromatic rings. The van der Waals surface area contributed by atoms with Crippen molar-refractivity contribution in [1.29, 1.82) is 0 Å². The lowest BCUT2D eigenvalue weighted by molar-refractivity contribution is 0.428. The second-order valence-corrected chi connectivity index (χ2v) is 9.41. The monoisotopic (exact) mass is 371 g/mol. The molecule has 0 saturated carbocycles. The third kappa shape index (κ3) is 3.42. The molecule has 0 atom stereocenters. The smallest absolute Gasteiger partial charge is 0.0739 e. The van der Waals surface area contributed by atoms with Gasteiger partial charge in [0.25, 0.3) is 0 Å². The Morgan fingerprint density at radius 2 is 1.68 bits per heavy atom. The zero-order valence-electron chi connectivity index (χ0n) is 17.5. The number of benzene rings is 2. The maximum atomic E-state index is 4.68. The van der Waals surface area contributed by atoms with E-state index in [1.807, 2.05) is 18.5 Å². The van der Waals surface area contributed by atoms with Crippen LogP contribution < -0.4 is 0 Å². The molecule has 0 saturated heterocycles. The number of para-hydroxylation sites is 1. The highest BCUT2D eigenvalue weighted by Gasteiger charge is 2.24. The first-order valence-corrected chi connectivity index (χ1v) is 10.1. The molecule has 3 heteroatoms. The van der Waals surface area contributed by atoms with E-state index in [-0.39, 0.29) is 10.8 Å². The van der Waals surface area contributed by atoms with Crippen LogP contribution in [0.15, 0.2) is 60.9 Å². The molecule has 0 aliphatic heterocycles. The van der Waals surface area contributed by atoms with E-state index in [0.29, 0.717) is 0 Å². The Morgan fingerprint density at radius 3 is 2.46 bits per heavy atom. The topological polar surface area (TPSA) is 30.7 Å². The molecule has 4 rings (SSSR count). The molecule has 0 aliphatic rings. The van der Waals surface area contributed by atoms with Gasteiger partial charge in [-0.15, -0.1) is 0 Å². The normalized spacial score (nSPS) is 12.8. The molecule has 0 radical (unpaired) electrons. The first kappa shape index (κ1) is 18.7. The molecule has 0 aliphatic carbocycles. The third-order valence-corrected chi connectivity index (χ3v) is 5.82. The average molecular weight is 372 g/mol. The van der Waals surface area contributed by atoms with Crippen molar-refractivity contribution in [3.05, 3.63) is 72.1 Å². The van der Waals surface area contributed by atoms with Gasteiger partial charge in [-0.05, 0) is 40.5 Å². The van der Waals surface area contributed by atoms with Crippen LogP contribution in [0.3, 0.4) is 0 Å². The van der Waals surface area contributed by atoms with E-state index >= 15 is 0 Å². The van der Waals surface area contributed by atoms with E-state index in [2.05, 4.69) is 91.8 Å². The van der Waals surface area contributed by atoms with E-state index in [1.54, 1.807) is 0 Å². The molecule has 28 heavy (non-hydrogen) atoms. The van der Waals surface area contributed by atoms with Crippen LogP contribution in [0, 0.1) is 0 Å². The summed E-state index contributed by atoms with van der Waals surface area (Å²) in [5, 5.41) is 7.09. The second kappa shape index (κ2) is 6.73. The molecule has 2 heterocycles. The van der Waals surface area contributed by atoms with Gasteiger partial charge in [0.2, 0.25) is 0 Å². The van der Waals surface area contributed by atoms with Gasteiger partial charge in [-0.3, -0.25) is 9.67 Å². The number of hydrogen-bond donors (Lipinski definition) is 0. The highest BCUT2D eigenvalue weighted by atomic mass is 15.3. The Balaban J connectivity index is 1.65. The predicted octanol–water partition coefficient (Wildman–Crippen LogP) is 6.25. The zero-order valence-corrected chi connectivity index (χ0v) is 17.5. The third-order valence-electron chi connectivity index (χ3n) is 5.82. The number of aromatic nitrogens is 3. The van der Waals surface area contributed by atoms with E-state index in [9.17, 15) is 0 Å². The van der Waals surface area contributed by atoms with Crippen molar-refractivity contribution in [2.75, 3.05) is 0 Å². The molecular weight excluding hydrogens is 342 g/mol. The number of pyridine rings is 1. The fourth-order valence-corrected chi connectivity index (χ4v) is 3.89. The fraction of sp³-hybridized carbons (Fsp3) is 0.360. The molecule has 0 fully saturated rings. The van der Waals surface area contributed by atoms with Crippen LogP contribution >= 0.6 is 0 Å². The van der Waals surface area contributed by atoms with Gasteiger partial charge in [0.15, 0.2) is 0 Å². The molecule has 0 spiro atoms. The molecule has 144 valence electrons. The summed E-state index contributed by atoms with van der Waals surface area (Å²) in [6.45, 7) is 12.3. The van der Waals surface area contributed by atoms with E-state index in [4.69, 9.17) is 0 Å². The van der Waals surface area contributed by atoms with Gasteiger partial charge in [0, 0.05) is 23.5 Å². The molecule has 0 amide bonds. The quantitative estimate of drug-likeness (QED) is 0.424. The highest BCUT2D eigenvalue weighted by molar-refractivity contribution is 5.82. The molecule has 0 N–H and O–H groups in total. The first-order valence-electron chi connectivity index (χ1n) is 10.1. The van der Waals surface area contributed by atoms with Crippen LogP contribution in [0.1, 0.15) is 52.2 Å². The lowest BCUT2D eigenvalue weighted by atomic mass is 9.80.